The highest BCUT2D eigenvalue weighted by Gasteiger charge is 2.40. The van der Waals surface area contributed by atoms with Crippen LogP contribution in [0.1, 0.15) is 30.3 Å². The normalized spacial score (nSPS) is 28.8. The van der Waals surface area contributed by atoms with Crippen molar-refractivity contribution in [3.8, 4) is 11.3 Å². The molecule has 24 heavy (non-hydrogen) atoms. The van der Waals surface area contributed by atoms with Crippen LogP contribution in [0.5, 0.6) is 0 Å². The molecular formula is C18H21FN4O. The summed E-state index contributed by atoms with van der Waals surface area (Å²) < 4.78 is 13.3. The van der Waals surface area contributed by atoms with Gasteiger partial charge < -0.3 is 10.3 Å². The van der Waals surface area contributed by atoms with Crippen molar-refractivity contribution in [2.45, 2.75) is 31.8 Å². The minimum atomic E-state index is -0.394. The van der Waals surface area contributed by atoms with Gasteiger partial charge in [0.15, 0.2) is 0 Å². The van der Waals surface area contributed by atoms with Gasteiger partial charge in [0.05, 0.1) is 6.20 Å². The molecule has 3 saturated heterocycles. The van der Waals surface area contributed by atoms with Crippen LogP contribution in [0.4, 0.5) is 4.39 Å². The van der Waals surface area contributed by atoms with Crippen LogP contribution >= 0.6 is 0 Å². The summed E-state index contributed by atoms with van der Waals surface area (Å²) in [7, 11) is 0. The fourth-order valence-corrected chi connectivity index (χ4v) is 4.03. The molecule has 3 fully saturated rings. The highest BCUT2D eigenvalue weighted by molar-refractivity contribution is 5.93. The van der Waals surface area contributed by atoms with Crippen LogP contribution in [0.15, 0.2) is 30.6 Å². The zero-order valence-corrected chi connectivity index (χ0v) is 13.6. The number of aromatic nitrogens is 2. The maximum Gasteiger partial charge on any atom is 0.267 e. The number of carbonyl (C=O) groups excluding carboxylic acids is 1. The number of nitrogens with zero attached hydrogens (tertiary/aromatic N) is 2. The highest BCUT2D eigenvalue weighted by atomic mass is 19.1. The maximum absolute atomic E-state index is 13.3. The van der Waals surface area contributed by atoms with Crippen molar-refractivity contribution < 1.29 is 9.18 Å². The summed E-state index contributed by atoms with van der Waals surface area (Å²) in [5.41, 5.74) is 1.82. The molecule has 2 bridgehead atoms. The van der Waals surface area contributed by atoms with Gasteiger partial charge in [0.25, 0.3) is 5.91 Å². The molecule has 2 aromatic heterocycles. The van der Waals surface area contributed by atoms with Crippen LogP contribution in [0, 0.1) is 11.7 Å². The fraction of sp³-hybridized carbons (Fsp3) is 0.444. The molecule has 5 heterocycles. The Morgan fingerprint density at radius 2 is 2.12 bits per heavy atom. The second-order valence-electron chi connectivity index (χ2n) is 6.79. The van der Waals surface area contributed by atoms with Gasteiger partial charge in [-0.3, -0.25) is 14.7 Å². The Hall–Kier alpha value is -2.21. The van der Waals surface area contributed by atoms with E-state index in [4.69, 9.17) is 0 Å². The van der Waals surface area contributed by atoms with E-state index in [1.807, 2.05) is 0 Å². The van der Waals surface area contributed by atoms with Crippen LogP contribution in [0.2, 0.25) is 0 Å². The van der Waals surface area contributed by atoms with E-state index in [0.717, 1.165) is 32.1 Å². The predicted molar refractivity (Wildman–Crippen MR) is 89.0 cm³/mol. The summed E-state index contributed by atoms with van der Waals surface area (Å²) in [6.45, 7) is 4.46. The lowest BCUT2D eigenvalue weighted by Gasteiger charge is -2.49. The quantitative estimate of drug-likeness (QED) is 0.910. The average Bonchev–Trinajstić information content (AvgIpc) is 3.09. The average molecular weight is 328 g/mol. The zero-order chi connectivity index (χ0) is 16.7. The van der Waals surface area contributed by atoms with E-state index in [1.54, 1.807) is 18.3 Å². The van der Waals surface area contributed by atoms with Gasteiger partial charge in [0.2, 0.25) is 0 Å². The van der Waals surface area contributed by atoms with Crippen LogP contribution in [0.25, 0.3) is 11.3 Å². The molecule has 126 valence electrons. The van der Waals surface area contributed by atoms with Crippen molar-refractivity contribution in [1.29, 1.82) is 0 Å². The molecule has 2 N–H and O–H groups in total. The smallest absolute Gasteiger partial charge is 0.267 e. The molecule has 2 atom stereocenters. The fourth-order valence-electron chi connectivity index (χ4n) is 4.03. The standard InChI is InChI=1S/C18H21FN4O/c1-11-17(12-4-6-23(11)7-5-12)22-18(24)16-3-2-15(21-16)13-8-14(19)10-20-9-13/h2-3,8-12,17,21H,4-7H2,1H3,(H,22,24)/t11-,17+/m1/s1. The number of hydrogen-bond acceptors (Lipinski definition) is 3. The van der Waals surface area contributed by atoms with E-state index < -0.39 is 5.82 Å². The number of hydrogen-bond donors (Lipinski definition) is 2. The van der Waals surface area contributed by atoms with Crippen LogP contribution in [-0.4, -0.2) is 45.9 Å². The summed E-state index contributed by atoms with van der Waals surface area (Å²) >= 11 is 0. The Labute approximate surface area is 140 Å². The molecule has 0 radical (unpaired) electrons. The third-order valence-electron chi connectivity index (χ3n) is 5.42. The van der Waals surface area contributed by atoms with Crippen molar-refractivity contribution >= 4 is 5.91 Å². The van der Waals surface area contributed by atoms with E-state index in [1.165, 1.54) is 6.07 Å². The first-order valence-corrected chi connectivity index (χ1v) is 8.46. The third-order valence-corrected chi connectivity index (χ3v) is 5.42. The van der Waals surface area contributed by atoms with Gasteiger partial charge in [0, 0.05) is 29.5 Å². The number of rotatable bonds is 3. The van der Waals surface area contributed by atoms with Gasteiger partial charge in [0.1, 0.15) is 11.5 Å². The largest absolute Gasteiger partial charge is 0.351 e. The lowest BCUT2D eigenvalue weighted by atomic mass is 9.79. The number of fused-ring (bicyclic) bond motifs is 3. The number of piperidine rings is 3. The Morgan fingerprint density at radius 3 is 2.83 bits per heavy atom. The number of aromatic amines is 1. The van der Waals surface area contributed by atoms with E-state index in [9.17, 15) is 9.18 Å². The predicted octanol–water partition coefficient (Wildman–Crippen LogP) is 2.43. The minimum Gasteiger partial charge on any atom is -0.351 e. The van der Waals surface area contributed by atoms with Gasteiger partial charge >= 0.3 is 0 Å². The van der Waals surface area contributed by atoms with Crippen LogP contribution in [-0.2, 0) is 0 Å². The van der Waals surface area contributed by atoms with Gasteiger partial charge in [-0.1, -0.05) is 0 Å². The summed E-state index contributed by atoms with van der Waals surface area (Å²) in [5.74, 6) is 0.0706. The van der Waals surface area contributed by atoms with E-state index in [0.29, 0.717) is 28.9 Å². The Morgan fingerprint density at radius 1 is 1.33 bits per heavy atom. The van der Waals surface area contributed by atoms with Crippen LogP contribution < -0.4 is 5.32 Å². The topological polar surface area (TPSA) is 61.0 Å². The van der Waals surface area contributed by atoms with Gasteiger partial charge in [-0.2, -0.15) is 0 Å². The Balaban J connectivity index is 1.49. The van der Waals surface area contributed by atoms with Crippen molar-refractivity contribution in [3.63, 3.8) is 0 Å². The maximum atomic E-state index is 13.3. The molecule has 5 rings (SSSR count). The van der Waals surface area contributed by atoms with E-state index in [-0.39, 0.29) is 11.9 Å². The minimum absolute atomic E-state index is 0.101. The number of nitrogens with one attached hydrogen (secondary N) is 2. The molecule has 3 aliphatic rings. The molecule has 0 aliphatic carbocycles. The van der Waals surface area contributed by atoms with Crippen LogP contribution in [0.3, 0.4) is 0 Å². The molecule has 0 unspecified atom stereocenters. The summed E-state index contributed by atoms with van der Waals surface area (Å²) in [6.07, 6.45) is 5.04. The molecule has 2 aromatic rings. The Bertz CT molecular complexity index is 749. The van der Waals surface area contributed by atoms with Crippen molar-refractivity contribution in [2.24, 2.45) is 5.92 Å². The number of H-pyrrole nitrogens is 1. The number of halogens is 1. The summed E-state index contributed by atoms with van der Waals surface area (Å²) in [4.78, 5) is 22.0. The lowest BCUT2D eigenvalue weighted by molar-refractivity contribution is 0.0216. The van der Waals surface area contributed by atoms with E-state index in [2.05, 4.69) is 27.1 Å². The van der Waals surface area contributed by atoms with Crippen molar-refractivity contribution in [1.82, 2.24) is 20.2 Å². The first-order valence-electron chi connectivity index (χ1n) is 8.46. The SMILES string of the molecule is C[C@@H]1[C@H](NC(=O)c2ccc(-c3cncc(F)c3)[nH]2)C2CCN1CC2. The van der Waals surface area contributed by atoms with Gasteiger partial charge in [-0.15, -0.1) is 0 Å². The monoisotopic (exact) mass is 328 g/mol. The van der Waals surface area contributed by atoms with Crippen molar-refractivity contribution in [3.05, 3.63) is 42.1 Å². The Kier molecular flexibility index (Phi) is 3.84. The molecule has 1 amide bonds. The first-order chi connectivity index (χ1) is 11.6. The summed E-state index contributed by atoms with van der Waals surface area (Å²) in [5, 5.41) is 3.19. The number of pyridine rings is 1. The first kappa shape index (κ1) is 15.3. The number of amides is 1. The number of carbonyl (C=O) groups is 1. The zero-order valence-electron chi connectivity index (χ0n) is 13.6. The second kappa shape index (κ2) is 6.02. The molecule has 5 nitrogen and oxygen atoms in total. The molecule has 0 spiro atoms. The molecule has 0 aromatic carbocycles. The van der Waals surface area contributed by atoms with Crippen molar-refractivity contribution in [2.75, 3.05) is 13.1 Å². The third kappa shape index (κ3) is 2.71. The second-order valence-corrected chi connectivity index (χ2v) is 6.79. The molecule has 3 aliphatic heterocycles. The highest BCUT2D eigenvalue weighted by Crippen LogP contribution is 2.32. The molecular weight excluding hydrogens is 307 g/mol. The summed E-state index contributed by atoms with van der Waals surface area (Å²) in [6, 6.07) is 5.49. The molecule has 6 heteroatoms. The molecule has 0 saturated carbocycles. The van der Waals surface area contributed by atoms with Gasteiger partial charge in [-0.05, 0) is 57.0 Å². The lowest BCUT2D eigenvalue weighted by Crippen LogP contribution is -2.62. The van der Waals surface area contributed by atoms with E-state index >= 15 is 0 Å². The van der Waals surface area contributed by atoms with Gasteiger partial charge in [-0.25, -0.2) is 4.39 Å².